The minimum atomic E-state index is -0.0441. The normalized spacial score (nSPS) is 23.9. The van der Waals surface area contributed by atoms with E-state index in [1.165, 1.54) is 0 Å². The van der Waals surface area contributed by atoms with E-state index in [0.717, 1.165) is 32.5 Å². The SMILES string of the molecule is CCNC1COCC1C(=O)NCCCCOC. The molecule has 0 radical (unpaired) electrons. The van der Waals surface area contributed by atoms with Gasteiger partial charge in [0.15, 0.2) is 0 Å². The number of carbonyl (C=O) groups is 1. The van der Waals surface area contributed by atoms with Crippen molar-refractivity contribution in [3.05, 3.63) is 0 Å². The number of unbranched alkanes of at least 4 members (excludes halogenated alkanes) is 1. The third-order valence-corrected chi connectivity index (χ3v) is 2.96. The summed E-state index contributed by atoms with van der Waals surface area (Å²) in [6.45, 7) is 5.54. The molecule has 0 aromatic carbocycles. The summed E-state index contributed by atoms with van der Waals surface area (Å²) in [5, 5.41) is 6.24. The van der Waals surface area contributed by atoms with Gasteiger partial charge in [0.2, 0.25) is 5.91 Å². The third kappa shape index (κ3) is 5.02. The number of amides is 1. The van der Waals surface area contributed by atoms with E-state index < -0.39 is 0 Å². The molecule has 1 saturated heterocycles. The molecular formula is C12H24N2O3. The van der Waals surface area contributed by atoms with E-state index in [9.17, 15) is 4.79 Å². The van der Waals surface area contributed by atoms with Crippen LogP contribution in [0.4, 0.5) is 0 Å². The van der Waals surface area contributed by atoms with Gasteiger partial charge < -0.3 is 20.1 Å². The topological polar surface area (TPSA) is 59.6 Å². The lowest BCUT2D eigenvalue weighted by Gasteiger charge is -2.17. The molecular weight excluding hydrogens is 220 g/mol. The Hall–Kier alpha value is -0.650. The third-order valence-electron chi connectivity index (χ3n) is 2.96. The predicted molar refractivity (Wildman–Crippen MR) is 65.9 cm³/mol. The molecule has 0 saturated carbocycles. The molecule has 0 aromatic rings. The average Bonchev–Trinajstić information content (AvgIpc) is 2.77. The highest BCUT2D eigenvalue weighted by molar-refractivity contribution is 5.79. The van der Waals surface area contributed by atoms with Gasteiger partial charge in [-0.15, -0.1) is 0 Å². The van der Waals surface area contributed by atoms with Crippen molar-refractivity contribution in [2.24, 2.45) is 5.92 Å². The van der Waals surface area contributed by atoms with Crippen LogP contribution in [0.15, 0.2) is 0 Å². The molecule has 2 atom stereocenters. The van der Waals surface area contributed by atoms with E-state index in [1.54, 1.807) is 7.11 Å². The Morgan fingerprint density at radius 3 is 2.94 bits per heavy atom. The quantitative estimate of drug-likeness (QED) is 0.597. The van der Waals surface area contributed by atoms with Gasteiger partial charge in [-0.1, -0.05) is 6.92 Å². The summed E-state index contributed by atoms with van der Waals surface area (Å²) in [4.78, 5) is 11.9. The first-order valence-corrected chi connectivity index (χ1v) is 6.37. The zero-order valence-electron chi connectivity index (χ0n) is 10.8. The molecule has 100 valence electrons. The van der Waals surface area contributed by atoms with Gasteiger partial charge in [0.1, 0.15) is 0 Å². The fourth-order valence-electron chi connectivity index (χ4n) is 1.99. The Bertz CT molecular complexity index is 224. The average molecular weight is 244 g/mol. The molecule has 1 fully saturated rings. The lowest BCUT2D eigenvalue weighted by atomic mass is 10.0. The van der Waals surface area contributed by atoms with Crippen LogP contribution < -0.4 is 10.6 Å². The van der Waals surface area contributed by atoms with E-state index in [1.807, 2.05) is 6.92 Å². The summed E-state index contributed by atoms with van der Waals surface area (Å²) in [6, 6.07) is 0.166. The Kier molecular flexibility index (Phi) is 7.16. The molecule has 0 spiro atoms. The summed E-state index contributed by atoms with van der Waals surface area (Å²) < 4.78 is 10.3. The van der Waals surface area contributed by atoms with Crippen molar-refractivity contribution >= 4 is 5.91 Å². The zero-order valence-corrected chi connectivity index (χ0v) is 10.8. The summed E-state index contributed by atoms with van der Waals surface area (Å²) in [5.41, 5.74) is 0. The lowest BCUT2D eigenvalue weighted by Crippen LogP contribution is -2.44. The Balaban J connectivity index is 2.17. The van der Waals surface area contributed by atoms with Gasteiger partial charge in [0.25, 0.3) is 0 Å². The Morgan fingerprint density at radius 2 is 2.24 bits per heavy atom. The van der Waals surface area contributed by atoms with Gasteiger partial charge >= 0.3 is 0 Å². The number of carbonyl (C=O) groups excluding carboxylic acids is 1. The van der Waals surface area contributed by atoms with Crippen molar-refractivity contribution in [1.82, 2.24) is 10.6 Å². The Labute approximate surface area is 103 Å². The minimum absolute atomic E-state index is 0.0441. The highest BCUT2D eigenvalue weighted by atomic mass is 16.5. The lowest BCUT2D eigenvalue weighted by molar-refractivity contribution is -0.125. The first-order valence-electron chi connectivity index (χ1n) is 6.37. The summed E-state index contributed by atoms with van der Waals surface area (Å²) in [7, 11) is 1.69. The van der Waals surface area contributed by atoms with Crippen LogP contribution in [-0.4, -0.2) is 52.0 Å². The fourth-order valence-corrected chi connectivity index (χ4v) is 1.99. The van der Waals surface area contributed by atoms with Gasteiger partial charge in [-0.2, -0.15) is 0 Å². The number of ether oxygens (including phenoxy) is 2. The molecule has 0 bridgehead atoms. The maximum Gasteiger partial charge on any atom is 0.227 e. The molecule has 2 unspecified atom stereocenters. The van der Waals surface area contributed by atoms with Crippen LogP contribution in [0.2, 0.25) is 0 Å². The number of methoxy groups -OCH3 is 1. The van der Waals surface area contributed by atoms with Crippen LogP contribution in [0.3, 0.4) is 0 Å². The minimum Gasteiger partial charge on any atom is -0.385 e. The smallest absolute Gasteiger partial charge is 0.227 e. The molecule has 1 heterocycles. The molecule has 0 aliphatic carbocycles. The van der Waals surface area contributed by atoms with Gasteiger partial charge in [-0.05, 0) is 19.4 Å². The van der Waals surface area contributed by atoms with E-state index in [4.69, 9.17) is 9.47 Å². The standard InChI is InChI=1S/C12H24N2O3/c1-3-13-11-9-17-8-10(11)12(15)14-6-4-5-7-16-2/h10-11,13H,3-9H2,1-2H3,(H,14,15). The first-order chi connectivity index (χ1) is 8.29. The maximum absolute atomic E-state index is 11.9. The monoisotopic (exact) mass is 244 g/mol. The van der Waals surface area contributed by atoms with E-state index in [0.29, 0.717) is 13.2 Å². The number of nitrogens with one attached hydrogen (secondary N) is 2. The van der Waals surface area contributed by atoms with Crippen molar-refractivity contribution < 1.29 is 14.3 Å². The molecule has 0 aromatic heterocycles. The van der Waals surface area contributed by atoms with Crippen LogP contribution in [0.1, 0.15) is 19.8 Å². The molecule has 5 nitrogen and oxygen atoms in total. The molecule has 1 amide bonds. The summed E-state index contributed by atoms with van der Waals surface area (Å²) >= 11 is 0. The molecule has 1 rings (SSSR count). The molecule has 17 heavy (non-hydrogen) atoms. The van der Waals surface area contributed by atoms with Crippen molar-refractivity contribution in [2.75, 3.05) is 40.0 Å². The van der Waals surface area contributed by atoms with E-state index >= 15 is 0 Å². The van der Waals surface area contributed by atoms with Gasteiger partial charge in [-0.3, -0.25) is 4.79 Å². The van der Waals surface area contributed by atoms with Crippen LogP contribution in [0, 0.1) is 5.92 Å². The number of rotatable bonds is 8. The molecule has 1 aliphatic rings. The number of likely N-dealkylation sites (N-methyl/N-ethyl adjacent to an activating group) is 1. The molecule has 5 heteroatoms. The number of hydrogen-bond acceptors (Lipinski definition) is 4. The van der Waals surface area contributed by atoms with Crippen LogP contribution in [-0.2, 0) is 14.3 Å². The van der Waals surface area contributed by atoms with Gasteiger partial charge in [-0.25, -0.2) is 0 Å². The first kappa shape index (κ1) is 14.4. The van der Waals surface area contributed by atoms with Gasteiger partial charge in [0, 0.05) is 26.3 Å². The highest BCUT2D eigenvalue weighted by Crippen LogP contribution is 2.13. The highest BCUT2D eigenvalue weighted by Gasteiger charge is 2.32. The van der Waals surface area contributed by atoms with E-state index in [2.05, 4.69) is 10.6 Å². The van der Waals surface area contributed by atoms with Crippen LogP contribution in [0.5, 0.6) is 0 Å². The second-order valence-electron chi connectivity index (χ2n) is 4.30. The summed E-state index contributed by atoms with van der Waals surface area (Å²) in [6.07, 6.45) is 1.94. The Morgan fingerprint density at radius 1 is 1.41 bits per heavy atom. The zero-order chi connectivity index (χ0) is 12.5. The van der Waals surface area contributed by atoms with Crippen molar-refractivity contribution in [3.63, 3.8) is 0 Å². The largest absolute Gasteiger partial charge is 0.385 e. The van der Waals surface area contributed by atoms with Crippen LogP contribution in [0.25, 0.3) is 0 Å². The van der Waals surface area contributed by atoms with Crippen molar-refractivity contribution in [2.45, 2.75) is 25.8 Å². The number of hydrogen-bond donors (Lipinski definition) is 2. The summed E-state index contributed by atoms with van der Waals surface area (Å²) in [5.74, 6) is 0.0586. The van der Waals surface area contributed by atoms with Crippen LogP contribution >= 0.6 is 0 Å². The molecule has 1 aliphatic heterocycles. The van der Waals surface area contributed by atoms with Crippen molar-refractivity contribution in [1.29, 1.82) is 0 Å². The predicted octanol–water partition coefficient (Wildman–Crippen LogP) is 0.154. The van der Waals surface area contributed by atoms with Crippen molar-refractivity contribution in [3.8, 4) is 0 Å². The second-order valence-corrected chi connectivity index (χ2v) is 4.30. The molecule has 2 N–H and O–H groups in total. The maximum atomic E-state index is 11.9. The fraction of sp³-hybridized carbons (Fsp3) is 0.917. The second kappa shape index (κ2) is 8.44. The van der Waals surface area contributed by atoms with E-state index in [-0.39, 0.29) is 17.9 Å². The van der Waals surface area contributed by atoms with Gasteiger partial charge in [0.05, 0.1) is 19.1 Å².